The number of piperazine rings is 1. The Hall–Kier alpha value is -3.17. The molecule has 3 N–H and O–H groups in total. The molecule has 1 aliphatic rings. The van der Waals surface area contributed by atoms with Crippen LogP contribution in [0.5, 0.6) is 0 Å². The molecule has 8 nitrogen and oxygen atoms in total. The van der Waals surface area contributed by atoms with Crippen LogP contribution in [0.1, 0.15) is 12.0 Å². The molecule has 0 spiro atoms. The minimum atomic E-state index is -3.63. The third-order valence-electron chi connectivity index (χ3n) is 5.30. The highest BCUT2D eigenvalue weighted by Crippen LogP contribution is 2.13. The number of hydrogen-bond donors (Lipinski definition) is 3. The molecule has 176 valence electrons. The number of nitrogens with zero attached hydrogens (tertiary/aromatic N) is 1. The molecule has 0 radical (unpaired) electrons. The summed E-state index contributed by atoms with van der Waals surface area (Å²) in [5.41, 5.74) is 1.09. The Balaban J connectivity index is 1.61. The van der Waals surface area contributed by atoms with E-state index in [1.807, 2.05) is 30.3 Å². The maximum absolute atomic E-state index is 12.6. The largest absolute Gasteiger partial charge is 0.348 e. The van der Waals surface area contributed by atoms with Crippen LogP contribution >= 0.6 is 0 Å². The van der Waals surface area contributed by atoms with Gasteiger partial charge in [-0.1, -0.05) is 54.6 Å². The summed E-state index contributed by atoms with van der Waals surface area (Å²) in [6.45, 7) is 2.45. The van der Waals surface area contributed by atoms with Gasteiger partial charge in [-0.3, -0.25) is 4.79 Å². The molecule has 1 fully saturated rings. The van der Waals surface area contributed by atoms with Gasteiger partial charge < -0.3 is 20.9 Å². The first-order valence-corrected chi connectivity index (χ1v) is 12.5. The quantitative estimate of drug-likeness (QED) is 0.517. The first kappa shape index (κ1) is 24.5. The van der Waals surface area contributed by atoms with Gasteiger partial charge in [0.1, 0.15) is 0 Å². The van der Waals surface area contributed by atoms with Gasteiger partial charge >= 0.3 is 6.03 Å². The smallest absolute Gasteiger partial charge is 0.317 e. The first-order chi connectivity index (χ1) is 15.9. The van der Waals surface area contributed by atoms with Crippen molar-refractivity contribution in [2.75, 3.05) is 32.7 Å². The second kappa shape index (κ2) is 12.2. The second-order valence-electron chi connectivity index (χ2n) is 7.78. The Labute approximate surface area is 195 Å². The number of carbonyl (C=O) groups is 2. The van der Waals surface area contributed by atoms with Crippen LogP contribution in [0.3, 0.4) is 0 Å². The molecule has 2 aromatic carbocycles. The number of urea groups is 1. The fourth-order valence-electron chi connectivity index (χ4n) is 3.46. The molecule has 0 bridgehead atoms. The van der Waals surface area contributed by atoms with Crippen LogP contribution in [0.15, 0.2) is 77.0 Å². The predicted molar refractivity (Wildman–Crippen MR) is 127 cm³/mol. The molecular weight excluding hydrogens is 440 g/mol. The number of nitrogens with one attached hydrogen (secondary N) is 3. The van der Waals surface area contributed by atoms with Crippen molar-refractivity contribution in [2.45, 2.75) is 23.8 Å². The normalized spacial score (nSPS) is 15.2. The van der Waals surface area contributed by atoms with Crippen molar-refractivity contribution in [2.24, 2.45) is 0 Å². The molecule has 3 rings (SSSR count). The van der Waals surface area contributed by atoms with E-state index in [1.165, 1.54) is 18.2 Å². The van der Waals surface area contributed by atoms with Crippen LogP contribution in [0.25, 0.3) is 0 Å². The summed E-state index contributed by atoms with van der Waals surface area (Å²) < 4.78 is 25.2. The molecule has 1 saturated heterocycles. The van der Waals surface area contributed by atoms with Gasteiger partial charge in [-0.25, -0.2) is 13.2 Å². The van der Waals surface area contributed by atoms with Gasteiger partial charge in [0.25, 0.3) is 0 Å². The van der Waals surface area contributed by atoms with Gasteiger partial charge in [0.2, 0.25) is 5.91 Å². The third kappa shape index (κ3) is 8.03. The molecule has 0 unspecified atom stereocenters. The van der Waals surface area contributed by atoms with Crippen LogP contribution in [0, 0.1) is 0 Å². The lowest BCUT2D eigenvalue weighted by Crippen LogP contribution is -2.52. The standard InChI is InChI=1S/C24H30N4O4S/c29-23(19-26-24(30)28-16-14-25-15-17-28)27-21(12-11-20-7-3-1-4-8-20)13-18-33(31,32)22-9-5-2-6-10-22/h1-10,13,18,21,25H,11-12,14-17,19H2,(H,26,30)(H,27,29)/b18-13+/t21-/m0/s1. The van der Waals surface area contributed by atoms with E-state index in [-0.39, 0.29) is 23.4 Å². The molecule has 1 aliphatic heterocycles. The number of rotatable bonds is 9. The number of carbonyl (C=O) groups excluding carboxylic acids is 2. The molecule has 1 atom stereocenters. The molecule has 3 amide bonds. The van der Waals surface area contributed by atoms with Crippen molar-refractivity contribution in [1.29, 1.82) is 0 Å². The SMILES string of the molecule is O=C(CNC(=O)N1CCNCC1)N[C@H](/C=C/S(=O)(=O)c1ccccc1)CCc1ccccc1. The first-order valence-electron chi connectivity index (χ1n) is 11.0. The maximum atomic E-state index is 12.6. The van der Waals surface area contributed by atoms with Gasteiger partial charge in [0, 0.05) is 37.6 Å². The number of benzene rings is 2. The van der Waals surface area contributed by atoms with Gasteiger partial charge in [-0.2, -0.15) is 0 Å². The summed E-state index contributed by atoms with van der Waals surface area (Å²) in [4.78, 5) is 26.6. The van der Waals surface area contributed by atoms with E-state index < -0.39 is 15.9 Å². The minimum absolute atomic E-state index is 0.177. The monoisotopic (exact) mass is 470 g/mol. The molecule has 9 heteroatoms. The molecule has 33 heavy (non-hydrogen) atoms. The Morgan fingerprint density at radius 1 is 1.00 bits per heavy atom. The summed E-state index contributed by atoms with van der Waals surface area (Å²) in [5.74, 6) is -0.377. The average Bonchev–Trinajstić information content (AvgIpc) is 2.86. The Morgan fingerprint density at radius 2 is 1.64 bits per heavy atom. The summed E-state index contributed by atoms with van der Waals surface area (Å²) in [7, 11) is -3.63. The highest BCUT2D eigenvalue weighted by Gasteiger charge is 2.18. The fraction of sp³-hybridized carbons (Fsp3) is 0.333. The van der Waals surface area contributed by atoms with Gasteiger partial charge in [-0.15, -0.1) is 0 Å². The van der Waals surface area contributed by atoms with Crippen molar-refractivity contribution < 1.29 is 18.0 Å². The summed E-state index contributed by atoms with van der Waals surface area (Å²) >= 11 is 0. The zero-order chi connectivity index (χ0) is 23.5. The van der Waals surface area contributed by atoms with Crippen molar-refractivity contribution in [3.63, 3.8) is 0 Å². The van der Waals surface area contributed by atoms with Gasteiger partial charge in [-0.05, 0) is 30.5 Å². The van der Waals surface area contributed by atoms with Crippen LogP contribution in [-0.4, -0.2) is 64.0 Å². The molecule has 1 heterocycles. The lowest BCUT2D eigenvalue weighted by Gasteiger charge is -2.27. The van der Waals surface area contributed by atoms with Gasteiger partial charge in [0.05, 0.1) is 11.4 Å². The summed E-state index contributed by atoms with van der Waals surface area (Å²) in [5, 5.41) is 9.77. The molecular formula is C24H30N4O4S. The van der Waals surface area contributed by atoms with Crippen molar-refractivity contribution in [3.8, 4) is 0 Å². The number of aryl methyl sites for hydroxylation is 1. The van der Waals surface area contributed by atoms with Crippen molar-refractivity contribution in [3.05, 3.63) is 77.7 Å². The topological polar surface area (TPSA) is 108 Å². The summed E-state index contributed by atoms with van der Waals surface area (Å²) in [6.07, 6.45) is 2.68. The average molecular weight is 471 g/mol. The zero-order valence-corrected chi connectivity index (χ0v) is 19.3. The highest BCUT2D eigenvalue weighted by molar-refractivity contribution is 7.94. The van der Waals surface area contributed by atoms with Gasteiger partial charge in [0.15, 0.2) is 9.84 Å². The number of hydrogen-bond acceptors (Lipinski definition) is 5. The van der Waals surface area contributed by atoms with E-state index in [9.17, 15) is 18.0 Å². The van der Waals surface area contributed by atoms with Crippen molar-refractivity contribution >= 4 is 21.8 Å². The minimum Gasteiger partial charge on any atom is -0.348 e. The fourth-order valence-corrected chi connectivity index (χ4v) is 4.55. The van der Waals surface area contributed by atoms with Crippen LogP contribution in [0.2, 0.25) is 0 Å². The van der Waals surface area contributed by atoms with E-state index in [1.54, 1.807) is 23.1 Å². The predicted octanol–water partition coefficient (Wildman–Crippen LogP) is 1.71. The maximum Gasteiger partial charge on any atom is 0.317 e. The zero-order valence-electron chi connectivity index (χ0n) is 18.4. The third-order valence-corrected chi connectivity index (χ3v) is 6.74. The Kier molecular flexibility index (Phi) is 9.03. The van der Waals surface area contributed by atoms with E-state index in [0.717, 1.165) is 24.1 Å². The molecule has 0 saturated carbocycles. The highest BCUT2D eigenvalue weighted by atomic mass is 32.2. The van der Waals surface area contributed by atoms with E-state index in [0.29, 0.717) is 25.9 Å². The van der Waals surface area contributed by atoms with Crippen LogP contribution < -0.4 is 16.0 Å². The molecule has 0 aromatic heterocycles. The molecule has 0 aliphatic carbocycles. The summed E-state index contributed by atoms with van der Waals surface area (Å²) in [6, 6.07) is 17.1. The second-order valence-corrected chi connectivity index (χ2v) is 9.61. The number of amides is 3. The van der Waals surface area contributed by atoms with Crippen LogP contribution in [0.4, 0.5) is 4.79 Å². The Bertz CT molecular complexity index is 1040. The lowest BCUT2D eigenvalue weighted by atomic mass is 10.1. The van der Waals surface area contributed by atoms with Crippen LogP contribution in [-0.2, 0) is 21.1 Å². The van der Waals surface area contributed by atoms with E-state index in [4.69, 9.17) is 0 Å². The van der Waals surface area contributed by atoms with E-state index in [2.05, 4.69) is 16.0 Å². The van der Waals surface area contributed by atoms with E-state index >= 15 is 0 Å². The Morgan fingerprint density at radius 3 is 2.30 bits per heavy atom. The number of sulfone groups is 1. The van der Waals surface area contributed by atoms with Crippen molar-refractivity contribution in [1.82, 2.24) is 20.9 Å². The lowest BCUT2D eigenvalue weighted by molar-refractivity contribution is -0.120. The molecule has 2 aromatic rings.